The Morgan fingerprint density at radius 1 is 1.19 bits per heavy atom. The number of carbonyl (C=O) groups is 2. The Kier molecular flexibility index (Phi) is 5.41. The highest BCUT2D eigenvalue weighted by Crippen LogP contribution is 2.36. The molecule has 1 unspecified atom stereocenters. The summed E-state index contributed by atoms with van der Waals surface area (Å²) in [6.45, 7) is 1.51. The van der Waals surface area contributed by atoms with Gasteiger partial charge in [-0.2, -0.15) is 0 Å². The van der Waals surface area contributed by atoms with Gasteiger partial charge in [0, 0.05) is 16.8 Å². The van der Waals surface area contributed by atoms with Gasteiger partial charge < -0.3 is 19.5 Å². The minimum atomic E-state index is -0.772. The Labute approximate surface area is 161 Å². The topological polar surface area (TPSA) is 77.1 Å². The number of hydrogen-bond donors (Lipinski definition) is 1. The molecule has 1 aliphatic rings. The second-order valence-corrected chi connectivity index (χ2v) is 6.34. The molecule has 0 aliphatic carbocycles. The molecule has 1 aliphatic heterocycles. The lowest BCUT2D eigenvalue weighted by Crippen LogP contribution is -2.49. The standard InChI is InChI=1S/C19H19ClN2O5/c1-11(19(24)21-13-5-7-16(25-2)17(9-13)26-3)22-14-8-12(20)4-6-15(14)27-10-18(22)23/h4-9,11H,10H2,1-3H3,(H,21,24). The van der Waals surface area contributed by atoms with Crippen LogP contribution in [0.3, 0.4) is 0 Å². The third-order valence-corrected chi connectivity index (χ3v) is 4.45. The van der Waals surface area contributed by atoms with Crippen LogP contribution in [0.1, 0.15) is 6.92 Å². The number of anilines is 2. The molecule has 1 N–H and O–H groups in total. The maximum Gasteiger partial charge on any atom is 0.265 e. The van der Waals surface area contributed by atoms with Crippen molar-refractivity contribution in [3.8, 4) is 17.2 Å². The molecule has 1 atom stereocenters. The molecule has 0 bridgehead atoms. The number of amides is 2. The Morgan fingerprint density at radius 3 is 2.63 bits per heavy atom. The van der Waals surface area contributed by atoms with Crippen molar-refractivity contribution in [3.63, 3.8) is 0 Å². The van der Waals surface area contributed by atoms with E-state index in [4.69, 9.17) is 25.8 Å². The van der Waals surface area contributed by atoms with Gasteiger partial charge in [0.25, 0.3) is 5.91 Å². The number of nitrogens with zero attached hydrogens (tertiary/aromatic N) is 1. The van der Waals surface area contributed by atoms with E-state index in [1.54, 1.807) is 43.3 Å². The summed E-state index contributed by atoms with van der Waals surface area (Å²) in [5.41, 5.74) is 0.991. The van der Waals surface area contributed by atoms with Crippen molar-refractivity contribution in [2.24, 2.45) is 0 Å². The number of nitrogens with one attached hydrogen (secondary N) is 1. The fraction of sp³-hybridized carbons (Fsp3) is 0.263. The first-order valence-electron chi connectivity index (χ1n) is 8.22. The molecule has 0 fully saturated rings. The Morgan fingerprint density at radius 2 is 1.93 bits per heavy atom. The molecule has 27 heavy (non-hydrogen) atoms. The van der Waals surface area contributed by atoms with E-state index in [1.165, 1.54) is 19.1 Å². The van der Waals surface area contributed by atoms with Gasteiger partial charge in [0.05, 0.1) is 19.9 Å². The molecule has 0 radical (unpaired) electrons. The van der Waals surface area contributed by atoms with Gasteiger partial charge in [-0.15, -0.1) is 0 Å². The molecule has 2 aromatic rings. The predicted octanol–water partition coefficient (Wildman–Crippen LogP) is 3.11. The normalized spacial score (nSPS) is 14.1. The largest absolute Gasteiger partial charge is 0.493 e. The number of rotatable bonds is 5. The summed E-state index contributed by atoms with van der Waals surface area (Å²) in [7, 11) is 3.05. The summed E-state index contributed by atoms with van der Waals surface area (Å²) in [6, 6.07) is 9.21. The highest BCUT2D eigenvalue weighted by molar-refractivity contribution is 6.31. The summed E-state index contributed by atoms with van der Waals surface area (Å²) in [4.78, 5) is 26.5. The first-order chi connectivity index (χ1) is 12.9. The van der Waals surface area contributed by atoms with Crippen molar-refractivity contribution in [2.75, 3.05) is 31.0 Å². The number of methoxy groups -OCH3 is 2. The van der Waals surface area contributed by atoms with E-state index in [-0.39, 0.29) is 18.4 Å². The SMILES string of the molecule is COc1ccc(NC(=O)C(C)N2C(=O)COc3ccc(Cl)cc32)cc1OC. The van der Waals surface area contributed by atoms with Crippen LogP contribution in [0.5, 0.6) is 17.2 Å². The zero-order valence-electron chi connectivity index (χ0n) is 15.1. The lowest BCUT2D eigenvalue weighted by atomic mass is 10.1. The highest BCUT2D eigenvalue weighted by atomic mass is 35.5. The van der Waals surface area contributed by atoms with Crippen LogP contribution in [-0.2, 0) is 9.59 Å². The average Bonchev–Trinajstić information content (AvgIpc) is 2.67. The minimum Gasteiger partial charge on any atom is -0.493 e. The van der Waals surface area contributed by atoms with Crippen LogP contribution in [0.15, 0.2) is 36.4 Å². The van der Waals surface area contributed by atoms with Gasteiger partial charge in [-0.1, -0.05) is 11.6 Å². The van der Waals surface area contributed by atoms with E-state index in [9.17, 15) is 9.59 Å². The molecule has 8 heteroatoms. The van der Waals surface area contributed by atoms with Crippen LogP contribution in [0.4, 0.5) is 11.4 Å². The summed E-state index contributed by atoms with van der Waals surface area (Å²) < 4.78 is 15.8. The van der Waals surface area contributed by atoms with Crippen molar-refractivity contribution in [1.29, 1.82) is 0 Å². The fourth-order valence-electron chi connectivity index (χ4n) is 2.85. The predicted molar refractivity (Wildman–Crippen MR) is 102 cm³/mol. The molecule has 7 nitrogen and oxygen atoms in total. The van der Waals surface area contributed by atoms with Crippen LogP contribution in [0, 0.1) is 0 Å². The molecule has 0 saturated heterocycles. The van der Waals surface area contributed by atoms with Crippen molar-refractivity contribution >= 4 is 34.8 Å². The van der Waals surface area contributed by atoms with Gasteiger partial charge in [-0.3, -0.25) is 14.5 Å². The lowest BCUT2D eigenvalue weighted by molar-refractivity contribution is -0.125. The quantitative estimate of drug-likeness (QED) is 0.848. The summed E-state index contributed by atoms with van der Waals surface area (Å²) in [6.07, 6.45) is 0. The Balaban J connectivity index is 1.84. The van der Waals surface area contributed by atoms with Crippen molar-refractivity contribution in [2.45, 2.75) is 13.0 Å². The van der Waals surface area contributed by atoms with Crippen molar-refractivity contribution in [1.82, 2.24) is 0 Å². The first-order valence-corrected chi connectivity index (χ1v) is 8.59. The lowest BCUT2D eigenvalue weighted by Gasteiger charge is -2.33. The number of halogens is 1. The number of hydrogen-bond acceptors (Lipinski definition) is 5. The molecule has 3 rings (SSSR count). The average molecular weight is 391 g/mol. The van der Waals surface area contributed by atoms with E-state index in [0.29, 0.717) is 33.6 Å². The second-order valence-electron chi connectivity index (χ2n) is 5.90. The third kappa shape index (κ3) is 3.78. The molecular weight excluding hydrogens is 372 g/mol. The zero-order valence-corrected chi connectivity index (χ0v) is 15.9. The molecule has 1 heterocycles. The number of ether oxygens (including phenoxy) is 3. The smallest absolute Gasteiger partial charge is 0.265 e. The Hall–Kier alpha value is -2.93. The molecule has 0 spiro atoms. The van der Waals surface area contributed by atoms with Crippen molar-refractivity contribution < 1.29 is 23.8 Å². The van der Waals surface area contributed by atoms with E-state index < -0.39 is 6.04 Å². The van der Waals surface area contributed by atoms with E-state index in [0.717, 1.165) is 0 Å². The monoisotopic (exact) mass is 390 g/mol. The molecule has 142 valence electrons. The number of benzene rings is 2. The summed E-state index contributed by atoms with van der Waals surface area (Å²) >= 11 is 6.05. The molecule has 0 saturated carbocycles. The van der Waals surface area contributed by atoms with Crippen LogP contribution >= 0.6 is 11.6 Å². The minimum absolute atomic E-state index is 0.136. The van der Waals surface area contributed by atoms with Gasteiger partial charge in [-0.25, -0.2) is 0 Å². The zero-order chi connectivity index (χ0) is 19.6. The fourth-order valence-corrected chi connectivity index (χ4v) is 3.01. The van der Waals surface area contributed by atoms with Gasteiger partial charge in [0.15, 0.2) is 18.1 Å². The third-order valence-electron chi connectivity index (χ3n) is 4.22. The van der Waals surface area contributed by atoms with Gasteiger partial charge in [0.1, 0.15) is 11.8 Å². The van der Waals surface area contributed by atoms with Gasteiger partial charge >= 0.3 is 0 Å². The van der Waals surface area contributed by atoms with Crippen molar-refractivity contribution in [3.05, 3.63) is 41.4 Å². The van der Waals surface area contributed by atoms with E-state index >= 15 is 0 Å². The van der Waals surface area contributed by atoms with Gasteiger partial charge in [0.2, 0.25) is 5.91 Å². The molecule has 0 aromatic heterocycles. The van der Waals surface area contributed by atoms with Crippen LogP contribution in [0.2, 0.25) is 5.02 Å². The van der Waals surface area contributed by atoms with Gasteiger partial charge in [-0.05, 0) is 37.3 Å². The number of carbonyl (C=O) groups excluding carboxylic acids is 2. The number of fused-ring (bicyclic) bond motifs is 1. The van der Waals surface area contributed by atoms with Crippen LogP contribution in [-0.4, -0.2) is 38.7 Å². The van der Waals surface area contributed by atoms with Crippen LogP contribution < -0.4 is 24.4 Å². The highest BCUT2D eigenvalue weighted by Gasteiger charge is 2.33. The summed E-state index contributed by atoms with van der Waals surface area (Å²) in [5, 5.41) is 3.24. The maximum absolute atomic E-state index is 12.8. The first kappa shape index (κ1) is 18.8. The maximum atomic E-state index is 12.8. The van der Waals surface area contributed by atoms with Crippen LogP contribution in [0.25, 0.3) is 0 Å². The summed E-state index contributed by atoms with van der Waals surface area (Å²) in [5.74, 6) is 0.867. The van der Waals surface area contributed by atoms with E-state index in [1.807, 2.05) is 0 Å². The van der Waals surface area contributed by atoms with E-state index in [2.05, 4.69) is 5.32 Å². The molecule has 2 aromatic carbocycles. The second kappa shape index (κ2) is 7.75. The molecular formula is C19H19ClN2O5. The molecule has 2 amide bonds. The Bertz CT molecular complexity index is 886.